The molecule has 38 heavy (non-hydrogen) atoms. The summed E-state index contributed by atoms with van der Waals surface area (Å²) in [6, 6.07) is 7.38. The molecule has 1 aliphatic carbocycles. The molecule has 1 heterocycles. The van der Waals surface area contributed by atoms with E-state index in [4.69, 9.17) is 4.74 Å². The van der Waals surface area contributed by atoms with Crippen LogP contribution in [0.1, 0.15) is 85.5 Å². The van der Waals surface area contributed by atoms with E-state index in [-0.39, 0.29) is 48.5 Å². The number of rotatable bonds is 8. The lowest BCUT2D eigenvalue weighted by Crippen LogP contribution is -2.45. The van der Waals surface area contributed by atoms with Gasteiger partial charge in [-0.3, -0.25) is 9.69 Å². The van der Waals surface area contributed by atoms with Gasteiger partial charge < -0.3 is 4.74 Å². The first-order chi connectivity index (χ1) is 17.8. The van der Waals surface area contributed by atoms with Crippen LogP contribution in [0, 0.1) is 18.6 Å². The molecule has 0 aromatic heterocycles. The molecule has 210 valence electrons. The van der Waals surface area contributed by atoms with E-state index in [1.807, 2.05) is 26.8 Å². The fraction of sp³-hybridized carbons (Fsp3) is 0.536. The molecule has 0 spiro atoms. The molecule has 1 saturated heterocycles. The molecule has 6 nitrogen and oxygen atoms in total. The average molecular weight is 555 g/mol. The number of amides is 1. The van der Waals surface area contributed by atoms with Crippen LogP contribution in [-0.4, -0.2) is 50.8 Å². The van der Waals surface area contributed by atoms with Crippen molar-refractivity contribution in [3.63, 3.8) is 0 Å². The normalized spacial score (nSPS) is 18.2. The third-order valence-corrected chi connectivity index (χ3v) is 7.59. The maximum absolute atomic E-state index is 15.6. The van der Waals surface area contributed by atoms with Gasteiger partial charge in [0.15, 0.2) is 0 Å². The number of benzene rings is 2. The van der Waals surface area contributed by atoms with Gasteiger partial charge in [0.25, 0.3) is 5.91 Å². The molecule has 1 amide bonds. The van der Waals surface area contributed by atoms with Gasteiger partial charge in [-0.2, -0.15) is 0 Å². The van der Waals surface area contributed by atoms with E-state index >= 15 is 4.39 Å². The van der Waals surface area contributed by atoms with Crippen LogP contribution in [0.5, 0.6) is 5.75 Å². The van der Waals surface area contributed by atoms with Crippen LogP contribution in [0.15, 0.2) is 30.3 Å². The lowest BCUT2D eigenvalue weighted by Gasteiger charge is -2.39. The molecule has 0 bridgehead atoms. The van der Waals surface area contributed by atoms with Crippen molar-refractivity contribution < 1.29 is 31.1 Å². The van der Waals surface area contributed by atoms with Gasteiger partial charge in [0.05, 0.1) is 11.8 Å². The Balaban J connectivity index is 0.00000195. The number of hydrogen-bond acceptors (Lipinski definition) is 5. The minimum Gasteiger partial charge on any atom is -0.490 e. The number of hydrogen-bond donors (Lipinski definition) is 1. The summed E-state index contributed by atoms with van der Waals surface area (Å²) in [5, 5.41) is 0. The number of carbonyl (C=O) groups is 1. The first-order valence-corrected chi connectivity index (χ1v) is 14.9. The second kappa shape index (κ2) is 12.1. The predicted molar refractivity (Wildman–Crippen MR) is 142 cm³/mol. The van der Waals surface area contributed by atoms with Crippen LogP contribution in [-0.2, 0) is 10.0 Å². The summed E-state index contributed by atoms with van der Waals surface area (Å²) in [6.45, 7) is 8.46. The van der Waals surface area contributed by atoms with Crippen LogP contribution in [0.3, 0.4) is 0 Å². The summed E-state index contributed by atoms with van der Waals surface area (Å²) in [6.07, 6.45) is 2.92. The van der Waals surface area contributed by atoms with E-state index in [0.717, 1.165) is 30.7 Å². The topological polar surface area (TPSA) is 75.7 Å². The zero-order valence-corrected chi connectivity index (χ0v) is 23.4. The van der Waals surface area contributed by atoms with Gasteiger partial charge >= 0.3 is 0 Å². The summed E-state index contributed by atoms with van der Waals surface area (Å²) >= 11 is 0. The number of likely N-dealkylation sites (tertiary alicyclic amines) is 1. The van der Waals surface area contributed by atoms with Gasteiger partial charge in [-0.15, -0.1) is 0 Å². The highest BCUT2D eigenvalue weighted by Crippen LogP contribution is 2.45. The Bertz CT molecular complexity index is 1260. The SMILES string of the molecule is CC.Cc1cc([C@@H](C)N2CCC(F)(COc3cc(F)c(C(=O)NS(C)(=O)=O)cc3C3CC3)CC2)ccc1F. The number of nitrogens with one attached hydrogen (secondary N) is 1. The molecule has 2 aliphatic rings. The van der Waals surface area contributed by atoms with Gasteiger partial charge in [0.1, 0.15) is 29.7 Å². The van der Waals surface area contributed by atoms with Crippen LogP contribution in [0.2, 0.25) is 0 Å². The predicted octanol–water partition coefficient (Wildman–Crippen LogP) is 5.81. The number of carbonyl (C=O) groups excluding carboxylic acids is 1. The highest BCUT2D eigenvalue weighted by Gasteiger charge is 2.38. The molecule has 0 unspecified atom stereocenters. The number of ether oxygens (including phenoxy) is 1. The second-order valence-electron chi connectivity index (χ2n) is 10.0. The fourth-order valence-corrected chi connectivity index (χ4v) is 5.06. The molecule has 2 fully saturated rings. The number of nitrogens with zero attached hydrogens (tertiary/aromatic N) is 1. The van der Waals surface area contributed by atoms with Crippen LogP contribution < -0.4 is 9.46 Å². The molecule has 0 radical (unpaired) electrons. The van der Waals surface area contributed by atoms with E-state index < -0.39 is 27.4 Å². The number of alkyl halides is 1. The third kappa shape index (κ3) is 7.50. The zero-order chi connectivity index (χ0) is 28.3. The minimum atomic E-state index is -3.85. The van der Waals surface area contributed by atoms with Crippen LogP contribution in [0.4, 0.5) is 13.2 Å². The van der Waals surface area contributed by atoms with E-state index in [1.165, 1.54) is 12.1 Å². The highest BCUT2D eigenvalue weighted by atomic mass is 32.2. The zero-order valence-electron chi connectivity index (χ0n) is 22.6. The lowest BCUT2D eigenvalue weighted by molar-refractivity contribution is 0.00613. The number of aryl methyl sites for hydroxylation is 1. The highest BCUT2D eigenvalue weighted by molar-refractivity contribution is 7.89. The minimum absolute atomic E-state index is 0.0101. The van der Waals surface area contributed by atoms with E-state index in [2.05, 4.69) is 4.90 Å². The van der Waals surface area contributed by atoms with E-state index in [9.17, 15) is 22.0 Å². The Labute approximate surface area is 223 Å². The summed E-state index contributed by atoms with van der Waals surface area (Å²) in [7, 11) is -3.85. The van der Waals surface area contributed by atoms with Crippen molar-refractivity contribution in [1.29, 1.82) is 0 Å². The van der Waals surface area contributed by atoms with Crippen molar-refractivity contribution >= 4 is 15.9 Å². The molecule has 4 rings (SSSR count). The van der Waals surface area contributed by atoms with Crippen molar-refractivity contribution in [2.75, 3.05) is 26.0 Å². The standard InChI is InChI=1S/C26H31F3N2O4S.C2H6/c1-16-12-19(6-7-22(16)27)17(2)31-10-8-26(29,9-11-31)15-35-24-14-23(28)21(13-20(24)18-4-5-18)25(32)30-36(3,33)34;1-2/h6-7,12-14,17-18H,4-5,8-11,15H2,1-3H3,(H,30,32);1-2H3/t17-;/m1./s1. The van der Waals surface area contributed by atoms with Crippen molar-refractivity contribution in [1.82, 2.24) is 9.62 Å². The summed E-state index contributed by atoms with van der Waals surface area (Å²) in [5.41, 5.74) is 0.141. The van der Waals surface area contributed by atoms with Crippen molar-refractivity contribution in [3.05, 3.63) is 64.2 Å². The summed E-state index contributed by atoms with van der Waals surface area (Å²) < 4.78 is 74.2. The Kier molecular flexibility index (Phi) is 9.52. The Hall–Kier alpha value is -2.59. The molecule has 1 N–H and O–H groups in total. The van der Waals surface area contributed by atoms with Crippen LogP contribution in [0.25, 0.3) is 0 Å². The Morgan fingerprint density at radius 3 is 2.32 bits per heavy atom. The average Bonchev–Trinajstić information content (AvgIpc) is 3.70. The van der Waals surface area contributed by atoms with Gasteiger partial charge in [0, 0.05) is 25.2 Å². The third-order valence-electron chi connectivity index (χ3n) is 7.03. The largest absolute Gasteiger partial charge is 0.490 e. The van der Waals surface area contributed by atoms with Gasteiger partial charge in [0.2, 0.25) is 10.0 Å². The Morgan fingerprint density at radius 2 is 1.76 bits per heavy atom. The number of halogens is 3. The van der Waals surface area contributed by atoms with Gasteiger partial charge in [-0.05, 0) is 74.3 Å². The van der Waals surface area contributed by atoms with Crippen LogP contribution >= 0.6 is 0 Å². The summed E-state index contributed by atoms with van der Waals surface area (Å²) in [5.74, 6) is -2.00. The van der Waals surface area contributed by atoms with Crippen molar-refractivity contribution in [2.24, 2.45) is 0 Å². The molecule has 1 atom stereocenters. The first kappa shape index (κ1) is 30.0. The molecular weight excluding hydrogens is 517 g/mol. The monoisotopic (exact) mass is 554 g/mol. The maximum Gasteiger partial charge on any atom is 0.267 e. The van der Waals surface area contributed by atoms with Gasteiger partial charge in [-0.1, -0.05) is 26.0 Å². The molecule has 10 heteroatoms. The van der Waals surface area contributed by atoms with Gasteiger partial charge in [-0.25, -0.2) is 26.3 Å². The quantitative estimate of drug-likeness (QED) is 0.446. The van der Waals surface area contributed by atoms with Crippen molar-refractivity contribution in [2.45, 2.75) is 71.0 Å². The molecule has 2 aromatic carbocycles. The van der Waals surface area contributed by atoms with E-state index in [1.54, 1.807) is 17.7 Å². The second-order valence-corrected chi connectivity index (χ2v) is 11.8. The van der Waals surface area contributed by atoms with E-state index in [0.29, 0.717) is 24.2 Å². The summed E-state index contributed by atoms with van der Waals surface area (Å²) in [4.78, 5) is 14.4. The number of piperidine rings is 1. The molecule has 1 aliphatic heterocycles. The number of sulfonamides is 1. The molecule has 1 saturated carbocycles. The fourth-order valence-electron chi connectivity index (χ4n) is 4.61. The Morgan fingerprint density at radius 1 is 1.13 bits per heavy atom. The maximum atomic E-state index is 15.6. The first-order valence-electron chi connectivity index (χ1n) is 13.0. The molecule has 2 aromatic rings. The lowest BCUT2D eigenvalue weighted by atomic mass is 9.92. The molecular formula is C28H37F3N2O4S. The smallest absolute Gasteiger partial charge is 0.267 e. The van der Waals surface area contributed by atoms with Crippen molar-refractivity contribution in [3.8, 4) is 5.75 Å².